The second kappa shape index (κ2) is 7.36. The van der Waals surface area contributed by atoms with E-state index < -0.39 is 12.0 Å². The molecule has 1 rings (SSSR count). The number of urea groups is 1. The molecule has 3 N–H and O–H groups in total. The van der Waals surface area contributed by atoms with E-state index in [2.05, 4.69) is 17.6 Å². The molecule has 2 amide bonds. The van der Waals surface area contributed by atoms with E-state index >= 15 is 0 Å². The first kappa shape index (κ1) is 15.8. The van der Waals surface area contributed by atoms with Gasteiger partial charge in [-0.05, 0) is 30.6 Å². The summed E-state index contributed by atoms with van der Waals surface area (Å²) in [5, 5.41) is 14.3. The topological polar surface area (TPSA) is 78.4 Å². The monoisotopic (exact) mass is 270 g/mol. The van der Waals surface area contributed by atoms with Crippen LogP contribution in [-0.2, 0) is 4.79 Å². The molecule has 5 nitrogen and oxygen atoms in total. The summed E-state index contributed by atoms with van der Waals surface area (Å²) in [7, 11) is 0. The van der Waals surface area contributed by atoms with E-state index in [9.17, 15) is 9.59 Å². The molecule has 0 heterocycles. The zero-order valence-electron chi connectivity index (χ0n) is 12.1. The normalized spacial score (nSPS) is 24.8. The van der Waals surface area contributed by atoms with E-state index in [0.717, 1.165) is 18.8 Å². The first-order chi connectivity index (χ1) is 8.90. The summed E-state index contributed by atoms with van der Waals surface area (Å²) < 4.78 is 0. The number of nitrogens with one attached hydrogen (secondary N) is 2. The zero-order valence-corrected chi connectivity index (χ0v) is 12.1. The third-order valence-corrected chi connectivity index (χ3v) is 3.82. The highest BCUT2D eigenvalue weighted by Crippen LogP contribution is 2.27. The minimum absolute atomic E-state index is 0.127. The van der Waals surface area contributed by atoms with E-state index in [0.29, 0.717) is 12.5 Å². The van der Waals surface area contributed by atoms with Crippen LogP contribution in [0.2, 0.25) is 0 Å². The molecule has 3 atom stereocenters. The van der Waals surface area contributed by atoms with Crippen molar-refractivity contribution in [3.8, 4) is 0 Å². The predicted molar refractivity (Wildman–Crippen MR) is 73.9 cm³/mol. The smallest absolute Gasteiger partial charge is 0.326 e. The third kappa shape index (κ3) is 5.49. The van der Waals surface area contributed by atoms with E-state index in [1.165, 1.54) is 12.8 Å². The van der Waals surface area contributed by atoms with Crippen molar-refractivity contribution in [2.45, 2.75) is 52.5 Å². The summed E-state index contributed by atoms with van der Waals surface area (Å²) >= 11 is 0. The maximum atomic E-state index is 11.7. The molecular weight excluding hydrogens is 244 g/mol. The lowest BCUT2D eigenvalue weighted by atomic mass is 9.82. The predicted octanol–water partition coefficient (Wildman–Crippen LogP) is 2.22. The van der Waals surface area contributed by atoms with Gasteiger partial charge in [0.25, 0.3) is 0 Å². The van der Waals surface area contributed by atoms with Crippen molar-refractivity contribution in [3.63, 3.8) is 0 Å². The molecule has 0 spiro atoms. The average molecular weight is 270 g/mol. The Kier molecular flexibility index (Phi) is 6.12. The summed E-state index contributed by atoms with van der Waals surface area (Å²) in [6.45, 7) is 6.44. The standard InChI is InChI=1S/C14H26N2O3/c1-9(2)12(13(17)18)16-14(19)15-8-11-6-4-5-10(3)7-11/h9-12H,4-8H2,1-3H3,(H,17,18)(H2,15,16,19)/t10?,11?,12-/m1/s1. The van der Waals surface area contributed by atoms with Crippen molar-refractivity contribution in [3.05, 3.63) is 0 Å². The van der Waals surface area contributed by atoms with E-state index in [1.54, 1.807) is 13.8 Å². The molecule has 0 radical (unpaired) electrons. The minimum Gasteiger partial charge on any atom is -0.480 e. The SMILES string of the molecule is CC1CCCC(CNC(=O)N[C@@H](C(=O)O)C(C)C)C1. The maximum absolute atomic E-state index is 11.7. The molecule has 1 aliphatic rings. The molecular formula is C14H26N2O3. The van der Waals surface area contributed by atoms with Crippen LogP contribution in [0.1, 0.15) is 46.5 Å². The second-order valence-corrected chi connectivity index (χ2v) is 6.05. The van der Waals surface area contributed by atoms with Crippen LogP contribution in [0.4, 0.5) is 4.79 Å². The van der Waals surface area contributed by atoms with Crippen molar-refractivity contribution in [1.82, 2.24) is 10.6 Å². The van der Waals surface area contributed by atoms with Crippen LogP contribution >= 0.6 is 0 Å². The first-order valence-electron chi connectivity index (χ1n) is 7.17. The molecule has 0 aromatic carbocycles. The number of hydrogen-bond acceptors (Lipinski definition) is 2. The van der Waals surface area contributed by atoms with Crippen LogP contribution in [-0.4, -0.2) is 29.7 Å². The molecule has 0 aliphatic heterocycles. The highest BCUT2D eigenvalue weighted by atomic mass is 16.4. The van der Waals surface area contributed by atoms with Crippen molar-refractivity contribution in [2.75, 3.05) is 6.54 Å². The van der Waals surface area contributed by atoms with E-state index in [4.69, 9.17) is 5.11 Å². The molecule has 5 heteroatoms. The van der Waals surface area contributed by atoms with Gasteiger partial charge in [0.2, 0.25) is 0 Å². The van der Waals surface area contributed by atoms with Crippen molar-refractivity contribution in [2.24, 2.45) is 17.8 Å². The molecule has 19 heavy (non-hydrogen) atoms. The Bertz CT molecular complexity index is 318. The van der Waals surface area contributed by atoms with Crippen molar-refractivity contribution in [1.29, 1.82) is 0 Å². The van der Waals surface area contributed by atoms with Gasteiger partial charge in [-0.1, -0.05) is 33.6 Å². The quantitative estimate of drug-likeness (QED) is 0.716. The largest absolute Gasteiger partial charge is 0.480 e. The Morgan fingerprint density at radius 3 is 2.53 bits per heavy atom. The number of aliphatic carboxylic acids is 1. The minimum atomic E-state index is -0.989. The lowest BCUT2D eigenvalue weighted by Gasteiger charge is -2.27. The van der Waals surface area contributed by atoms with Gasteiger partial charge in [0.05, 0.1) is 0 Å². The molecule has 1 aliphatic carbocycles. The van der Waals surface area contributed by atoms with Crippen molar-refractivity contribution < 1.29 is 14.7 Å². The van der Waals surface area contributed by atoms with E-state index in [-0.39, 0.29) is 11.9 Å². The van der Waals surface area contributed by atoms with E-state index in [1.807, 2.05) is 0 Å². The lowest BCUT2D eigenvalue weighted by Crippen LogP contribution is -2.49. The van der Waals surface area contributed by atoms with Crippen LogP contribution in [0, 0.1) is 17.8 Å². The molecule has 1 saturated carbocycles. The fourth-order valence-corrected chi connectivity index (χ4v) is 2.69. The van der Waals surface area contributed by atoms with Gasteiger partial charge in [-0.25, -0.2) is 9.59 Å². The summed E-state index contributed by atoms with van der Waals surface area (Å²) in [6.07, 6.45) is 4.79. The molecule has 0 aromatic heterocycles. The summed E-state index contributed by atoms with van der Waals surface area (Å²) in [5.41, 5.74) is 0. The Morgan fingerprint density at radius 1 is 1.32 bits per heavy atom. The Morgan fingerprint density at radius 2 is 2.00 bits per heavy atom. The first-order valence-corrected chi connectivity index (χ1v) is 7.17. The number of hydrogen-bond donors (Lipinski definition) is 3. The Balaban J connectivity index is 2.32. The van der Waals surface area contributed by atoms with Gasteiger partial charge in [0, 0.05) is 6.54 Å². The van der Waals surface area contributed by atoms with Crippen molar-refractivity contribution >= 4 is 12.0 Å². The highest BCUT2D eigenvalue weighted by Gasteiger charge is 2.24. The summed E-state index contributed by atoms with van der Waals surface area (Å²) in [5.74, 6) is 0.136. The third-order valence-electron chi connectivity index (χ3n) is 3.82. The van der Waals surface area contributed by atoms with Crippen LogP contribution in [0.3, 0.4) is 0 Å². The van der Waals surface area contributed by atoms with Gasteiger partial charge < -0.3 is 15.7 Å². The molecule has 110 valence electrons. The van der Waals surface area contributed by atoms with Crippen LogP contribution < -0.4 is 10.6 Å². The van der Waals surface area contributed by atoms with Crippen LogP contribution in [0.15, 0.2) is 0 Å². The fraction of sp³-hybridized carbons (Fsp3) is 0.857. The number of carbonyl (C=O) groups excluding carboxylic acids is 1. The maximum Gasteiger partial charge on any atom is 0.326 e. The summed E-state index contributed by atoms with van der Waals surface area (Å²) in [6, 6.07) is -1.20. The molecule has 1 fully saturated rings. The molecule has 0 saturated heterocycles. The number of carbonyl (C=O) groups is 2. The number of carboxylic acids is 1. The molecule has 0 aromatic rings. The van der Waals surface area contributed by atoms with Gasteiger partial charge in [0.15, 0.2) is 0 Å². The lowest BCUT2D eigenvalue weighted by molar-refractivity contribution is -0.140. The van der Waals surface area contributed by atoms with Crippen LogP contribution in [0.5, 0.6) is 0 Å². The van der Waals surface area contributed by atoms with Gasteiger partial charge in [-0.3, -0.25) is 0 Å². The second-order valence-electron chi connectivity index (χ2n) is 6.05. The molecule has 2 unspecified atom stereocenters. The summed E-state index contributed by atoms with van der Waals surface area (Å²) in [4.78, 5) is 22.7. The molecule has 0 bridgehead atoms. The fourth-order valence-electron chi connectivity index (χ4n) is 2.69. The average Bonchev–Trinajstić information content (AvgIpc) is 2.32. The number of amides is 2. The number of rotatable bonds is 5. The van der Waals surface area contributed by atoms with Gasteiger partial charge in [-0.15, -0.1) is 0 Å². The zero-order chi connectivity index (χ0) is 14.4. The Hall–Kier alpha value is -1.26. The van der Waals surface area contributed by atoms with Gasteiger partial charge >= 0.3 is 12.0 Å². The number of carboxylic acid groups (broad SMARTS) is 1. The van der Waals surface area contributed by atoms with Gasteiger partial charge in [0.1, 0.15) is 6.04 Å². The van der Waals surface area contributed by atoms with Crippen LogP contribution in [0.25, 0.3) is 0 Å². The Labute approximate surface area is 115 Å². The van der Waals surface area contributed by atoms with Gasteiger partial charge in [-0.2, -0.15) is 0 Å². The highest BCUT2D eigenvalue weighted by molar-refractivity contribution is 5.82.